The first-order chi connectivity index (χ1) is 11.2. The molecule has 2 aromatic carbocycles. The van der Waals surface area contributed by atoms with Gasteiger partial charge in [-0.15, -0.1) is 0 Å². The Morgan fingerprint density at radius 1 is 0.652 bits per heavy atom. The molecular weight excluding hydrogens is 301 g/mol. The van der Waals surface area contributed by atoms with E-state index in [4.69, 9.17) is 0 Å². The van der Waals surface area contributed by atoms with E-state index >= 15 is 0 Å². The zero-order valence-electron chi connectivity index (χ0n) is 13.0. The van der Waals surface area contributed by atoms with E-state index in [0.29, 0.717) is 18.5 Å². The first-order valence-electron chi connectivity index (χ1n) is 7.78. The van der Waals surface area contributed by atoms with Crippen molar-refractivity contribution in [2.24, 2.45) is 0 Å². The topological polar surface area (TPSA) is 30.0 Å². The van der Waals surface area contributed by atoms with Gasteiger partial charge in [0.05, 0.1) is 0 Å². The van der Waals surface area contributed by atoms with Gasteiger partial charge in [-0.1, -0.05) is 66.7 Å². The number of nitrogens with zero attached hydrogens (tertiary/aromatic N) is 1. The molecule has 1 heterocycles. The Balaban J connectivity index is 1.87. The minimum absolute atomic E-state index is 0.539. The molecule has 0 amide bonds. The summed E-state index contributed by atoms with van der Waals surface area (Å²) < 4.78 is 13.7. The van der Waals surface area contributed by atoms with Crippen molar-refractivity contribution in [3.63, 3.8) is 0 Å². The molecule has 0 saturated heterocycles. The Labute approximate surface area is 137 Å². The predicted octanol–water partition coefficient (Wildman–Crippen LogP) is 5.35. The van der Waals surface area contributed by atoms with Gasteiger partial charge in [-0.25, -0.2) is 0 Å². The second-order valence-electron chi connectivity index (χ2n) is 5.82. The molecule has 0 atom stereocenters. The molecule has 0 spiro atoms. The summed E-state index contributed by atoms with van der Waals surface area (Å²) in [4.78, 5) is 4.37. The molecule has 0 aliphatic carbocycles. The van der Waals surface area contributed by atoms with Crippen LogP contribution in [0, 0.1) is 0 Å². The van der Waals surface area contributed by atoms with Crippen LogP contribution in [0.2, 0.25) is 0 Å². The minimum Gasteiger partial charge on any atom is -0.322 e. The Hall–Kier alpha value is -2.18. The van der Waals surface area contributed by atoms with Crippen LogP contribution in [0.3, 0.4) is 0 Å². The van der Waals surface area contributed by atoms with E-state index in [0.717, 1.165) is 16.8 Å². The third-order valence-corrected chi connectivity index (χ3v) is 6.59. The van der Waals surface area contributed by atoms with E-state index in [1.165, 1.54) is 0 Å². The Kier molecular flexibility index (Phi) is 5.05. The van der Waals surface area contributed by atoms with Crippen molar-refractivity contribution in [1.82, 2.24) is 4.98 Å². The van der Waals surface area contributed by atoms with Crippen molar-refractivity contribution in [3.8, 4) is 0 Å². The Morgan fingerprint density at radius 3 is 1.65 bits per heavy atom. The van der Waals surface area contributed by atoms with Crippen LogP contribution >= 0.6 is 7.14 Å². The molecule has 3 rings (SSSR count). The highest BCUT2D eigenvalue weighted by Gasteiger charge is 2.24. The molecule has 0 aliphatic heterocycles. The highest BCUT2D eigenvalue weighted by molar-refractivity contribution is 7.61. The molecular formula is C20H20NOP. The number of hydrogen-bond acceptors (Lipinski definition) is 2. The van der Waals surface area contributed by atoms with Crippen molar-refractivity contribution in [2.45, 2.75) is 18.5 Å². The van der Waals surface area contributed by atoms with Crippen molar-refractivity contribution in [2.75, 3.05) is 0 Å². The summed E-state index contributed by atoms with van der Waals surface area (Å²) in [5.74, 6) is 0. The molecule has 0 radical (unpaired) electrons. The lowest BCUT2D eigenvalue weighted by Crippen LogP contribution is -1.99. The monoisotopic (exact) mass is 321 g/mol. The van der Waals surface area contributed by atoms with Crippen molar-refractivity contribution < 1.29 is 4.57 Å². The fraction of sp³-hybridized carbons (Fsp3) is 0.150. The van der Waals surface area contributed by atoms with Crippen LogP contribution in [0.1, 0.15) is 16.8 Å². The summed E-state index contributed by atoms with van der Waals surface area (Å²) in [6.07, 6.45) is 3.53. The molecule has 3 aromatic rings. The van der Waals surface area contributed by atoms with Gasteiger partial charge in [0.15, 0.2) is 0 Å². The van der Waals surface area contributed by atoms with E-state index in [1.54, 1.807) is 6.20 Å². The summed E-state index contributed by atoms with van der Waals surface area (Å²) in [7, 11) is -2.45. The maximum Gasteiger partial charge on any atom is 0.102 e. The second-order valence-corrected chi connectivity index (χ2v) is 8.89. The standard InChI is InChI=1S/C20H20NOP/c22-23(15-18-9-3-1-4-10-18,16-19-11-5-2-6-12-19)17-20-13-7-8-14-21-20/h1-14H,15-17H2. The molecule has 1 aromatic heterocycles. The molecule has 3 heteroatoms. The van der Waals surface area contributed by atoms with Crippen LogP contribution in [0.5, 0.6) is 0 Å². The lowest BCUT2D eigenvalue weighted by atomic mass is 10.2. The number of benzene rings is 2. The highest BCUT2D eigenvalue weighted by atomic mass is 31.2. The first kappa shape index (κ1) is 15.7. The third-order valence-electron chi connectivity index (χ3n) is 3.80. The van der Waals surface area contributed by atoms with Crippen molar-refractivity contribution >= 4 is 7.14 Å². The van der Waals surface area contributed by atoms with Gasteiger partial charge < -0.3 is 4.57 Å². The van der Waals surface area contributed by atoms with E-state index in [-0.39, 0.29) is 0 Å². The fourth-order valence-electron chi connectivity index (χ4n) is 2.79. The van der Waals surface area contributed by atoms with Crippen molar-refractivity contribution in [3.05, 3.63) is 102 Å². The predicted molar refractivity (Wildman–Crippen MR) is 95.8 cm³/mol. The Morgan fingerprint density at radius 2 is 1.17 bits per heavy atom. The Bertz CT molecular complexity index is 664. The van der Waals surface area contributed by atoms with Crippen LogP contribution in [0.25, 0.3) is 0 Å². The number of aromatic nitrogens is 1. The fourth-order valence-corrected chi connectivity index (χ4v) is 5.65. The number of pyridine rings is 1. The molecule has 0 saturated carbocycles. The normalized spacial score (nSPS) is 11.3. The molecule has 0 unspecified atom stereocenters. The lowest BCUT2D eigenvalue weighted by Gasteiger charge is -2.18. The summed E-state index contributed by atoms with van der Waals surface area (Å²) in [5.41, 5.74) is 3.16. The zero-order valence-corrected chi connectivity index (χ0v) is 13.9. The van der Waals surface area contributed by atoms with Gasteiger partial charge in [0.25, 0.3) is 0 Å². The van der Waals surface area contributed by atoms with Crippen LogP contribution in [0.4, 0.5) is 0 Å². The van der Waals surface area contributed by atoms with Crippen LogP contribution in [0.15, 0.2) is 85.1 Å². The molecule has 0 fully saturated rings. The lowest BCUT2D eigenvalue weighted by molar-refractivity contribution is 0.572. The molecule has 116 valence electrons. The summed E-state index contributed by atoms with van der Waals surface area (Å²) >= 11 is 0. The van der Waals surface area contributed by atoms with Crippen LogP contribution < -0.4 is 0 Å². The molecule has 0 N–H and O–H groups in total. The quantitative estimate of drug-likeness (QED) is 0.573. The minimum atomic E-state index is -2.45. The van der Waals surface area contributed by atoms with Gasteiger partial charge in [-0.05, 0) is 23.3 Å². The van der Waals surface area contributed by atoms with Crippen molar-refractivity contribution in [1.29, 1.82) is 0 Å². The maximum atomic E-state index is 13.7. The van der Waals surface area contributed by atoms with E-state index in [2.05, 4.69) is 29.2 Å². The summed E-state index contributed by atoms with van der Waals surface area (Å²) in [6.45, 7) is 0. The number of rotatable bonds is 6. The average molecular weight is 321 g/mol. The van der Waals surface area contributed by atoms with E-state index in [1.807, 2.05) is 54.6 Å². The smallest absolute Gasteiger partial charge is 0.102 e. The van der Waals surface area contributed by atoms with E-state index in [9.17, 15) is 4.57 Å². The van der Waals surface area contributed by atoms with Crippen LogP contribution in [-0.2, 0) is 23.1 Å². The van der Waals surface area contributed by atoms with Gasteiger partial charge >= 0.3 is 0 Å². The first-order valence-corrected chi connectivity index (χ1v) is 10.0. The second kappa shape index (κ2) is 7.39. The zero-order chi connectivity index (χ0) is 16.0. The summed E-state index contributed by atoms with van der Waals surface area (Å²) in [6, 6.07) is 26.0. The molecule has 2 nitrogen and oxygen atoms in total. The van der Waals surface area contributed by atoms with Gasteiger partial charge in [0, 0.05) is 30.4 Å². The molecule has 0 aliphatic rings. The largest absolute Gasteiger partial charge is 0.322 e. The van der Waals surface area contributed by atoms with Gasteiger partial charge in [0.2, 0.25) is 0 Å². The van der Waals surface area contributed by atoms with Gasteiger partial charge in [-0.3, -0.25) is 4.98 Å². The third kappa shape index (κ3) is 4.64. The average Bonchev–Trinajstić information content (AvgIpc) is 2.57. The number of hydrogen-bond donors (Lipinski definition) is 0. The summed E-state index contributed by atoms with van der Waals surface area (Å²) in [5, 5.41) is 0. The van der Waals surface area contributed by atoms with Gasteiger partial charge in [0.1, 0.15) is 7.14 Å². The molecule has 23 heavy (non-hydrogen) atoms. The maximum absolute atomic E-state index is 13.7. The highest BCUT2D eigenvalue weighted by Crippen LogP contribution is 2.54. The SMILES string of the molecule is O=P(Cc1ccccc1)(Cc1ccccc1)Cc1ccccn1. The van der Waals surface area contributed by atoms with Gasteiger partial charge in [-0.2, -0.15) is 0 Å². The van der Waals surface area contributed by atoms with Crippen LogP contribution in [-0.4, -0.2) is 4.98 Å². The molecule has 0 bridgehead atoms. The van der Waals surface area contributed by atoms with E-state index < -0.39 is 7.14 Å².